The van der Waals surface area contributed by atoms with E-state index in [9.17, 15) is 13.2 Å². The minimum atomic E-state index is -4.46. The molecule has 0 bridgehead atoms. The number of hydrogen-bond acceptors (Lipinski definition) is 2. The van der Waals surface area contributed by atoms with Crippen LogP contribution in [0.1, 0.15) is 11.1 Å². The zero-order chi connectivity index (χ0) is 15.7. The van der Waals surface area contributed by atoms with E-state index in [2.05, 4.69) is 10.1 Å². The molecule has 2 heterocycles. The molecule has 0 spiro atoms. The molecule has 1 aromatic carbocycles. The molecule has 3 aromatic rings. The predicted octanol–water partition coefficient (Wildman–Crippen LogP) is 4.26. The number of alkyl halides is 3. The second-order valence-corrected chi connectivity index (χ2v) is 4.86. The van der Waals surface area contributed by atoms with E-state index in [1.807, 2.05) is 30.3 Å². The summed E-state index contributed by atoms with van der Waals surface area (Å²) in [6.45, 7) is 1.39. The maximum absolute atomic E-state index is 13.3. The fraction of sp³-hybridized carbons (Fsp3) is 0.125. The summed E-state index contributed by atoms with van der Waals surface area (Å²) in [5.41, 5.74) is 0.729. The van der Waals surface area contributed by atoms with Gasteiger partial charge in [-0.2, -0.15) is 18.3 Å². The van der Waals surface area contributed by atoms with Crippen LogP contribution in [0.5, 0.6) is 0 Å². The first-order chi connectivity index (χ1) is 10.5. The summed E-state index contributed by atoms with van der Waals surface area (Å²) in [5.74, 6) is 0. The highest BCUT2D eigenvalue weighted by atomic mass is 19.4. The average Bonchev–Trinajstić information content (AvgIpc) is 2.96. The molecule has 22 heavy (non-hydrogen) atoms. The van der Waals surface area contributed by atoms with Gasteiger partial charge in [0.05, 0.1) is 23.1 Å². The van der Waals surface area contributed by atoms with Gasteiger partial charge < -0.3 is 0 Å². The summed E-state index contributed by atoms with van der Waals surface area (Å²) in [7, 11) is 0. The number of nitrogens with zero attached hydrogens (tertiary/aromatic N) is 3. The van der Waals surface area contributed by atoms with E-state index >= 15 is 0 Å². The van der Waals surface area contributed by atoms with Crippen molar-refractivity contribution in [3.05, 3.63) is 66.1 Å². The number of aromatic nitrogens is 3. The van der Waals surface area contributed by atoms with Gasteiger partial charge in [0.1, 0.15) is 0 Å². The first-order valence-corrected chi connectivity index (χ1v) is 6.60. The first-order valence-electron chi connectivity index (χ1n) is 6.60. The Labute approximate surface area is 125 Å². The monoisotopic (exact) mass is 303 g/mol. The smallest absolute Gasteiger partial charge is 0.262 e. The van der Waals surface area contributed by atoms with Crippen LogP contribution in [0, 0.1) is 6.92 Å². The lowest BCUT2D eigenvalue weighted by Gasteiger charge is -2.14. The van der Waals surface area contributed by atoms with Crippen molar-refractivity contribution in [1.29, 1.82) is 0 Å². The normalized spacial score (nSPS) is 11.6. The third-order valence-corrected chi connectivity index (χ3v) is 3.30. The molecule has 0 unspecified atom stereocenters. The van der Waals surface area contributed by atoms with Crippen LogP contribution in [0.2, 0.25) is 0 Å². The number of aryl methyl sites for hydroxylation is 1. The summed E-state index contributed by atoms with van der Waals surface area (Å²) in [6, 6.07) is 11.0. The molecule has 0 amide bonds. The number of pyridine rings is 1. The quantitative estimate of drug-likeness (QED) is 0.708. The van der Waals surface area contributed by atoms with Crippen molar-refractivity contribution in [2.24, 2.45) is 0 Å². The van der Waals surface area contributed by atoms with Crippen molar-refractivity contribution >= 4 is 0 Å². The molecular weight excluding hydrogens is 291 g/mol. The Morgan fingerprint density at radius 3 is 2.41 bits per heavy atom. The summed E-state index contributed by atoms with van der Waals surface area (Å²) in [6.07, 6.45) is -0.569. The number of hydrogen-bond donors (Lipinski definition) is 0. The van der Waals surface area contributed by atoms with Crippen LogP contribution in [-0.4, -0.2) is 14.8 Å². The average molecular weight is 303 g/mol. The topological polar surface area (TPSA) is 30.7 Å². The van der Waals surface area contributed by atoms with Crippen molar-refractivity contribution in [2.75, 3.05) is 0 Å². The van der Waals surface area contributed by atoms with E-state index < -0.39 is 11.7 Å². The Balaban J connectivity index is 2.10. The van der Waals surface area contributed by atoms with E-state index in [-0.39, 0.29) is 11.3 Å². The Morgan fingerprint density at radius 2 is 1.73 bits per heavy atom. The van der Waals surface area contributed by atoms with Gasteiger partial charge in [0, 0.05) is 18.0 Å². The summed E-state index contributed by atoms with van der Waals surface area (Å²) < 4.78 is 41.0. The molecule has 2 aromatic heterocycles. The molecule has 0 aliphatic heterocycles. The molecule has 0 atom stereocenters. The van der Waals surface area contributed by atoms with Crippen molar-refractivity contribution < 1.29 is 13.2 Å². The van der Waals surface area contributed by atoms with Gasteiger partial charge in [0.25, 0.3) is 0 Å². The van der Waals surface area contributed by atoms with Gasteiger partial charge >= 0.3 is 6.18 Å². The second-order valence-electron chi connectivity index (χ2n) is 4.86. The van der Waals surface area contributed by atoms with Crippen molar-refractivity contribution in [3.8, 4) is 16.9 Å². The SMILES string of the molecule is Cc1cncc(-n2ccc(-c3ccccc3)n2)c1C(F)(F)F. The molecule has 0 aliphatic carbocycles. The largest absolute Gasteiger partial charge is 0.418 e. The van der Waals surface area contributed by atoms with Gasteiger partial charge in [0.2, 0.25) is 0 Å². The van der Waals surface area contributed by atoms with E-state index in [0.29, 0.717) is 5.69 Å². The lowest BCUT2D eigenvalue weighted by Crippen LogP contribution is -2.14. The predicted molar refractivity (Wildman–Crippen MR) is 76.5 cm³/mol. The Kier molecular flexibility index (Phi) is 3.44. The molecule has 0 saturated carbocycles. The van der Waals surface area contributed by atoms with Gasteiger partial charge in [-0.05, 0) is 18.6 Å². The molecule has 112 valence electrons. The van der Waals surface area contributed by atoms with Crippen molar-refractivity contribution in [1.82, 2.24) is 14.8 Å². The van der Waals surface area contributed by atoms with Gasteiger partial charge in [0.15, 0.2) is 0 Å². The highest BCUT2D eigenvalue weighted by Gasteiger charge is 2.36. The van der Waals surface area contributed by atoms with Crippen LogP contribution in [0.25, 0.3) is 16.9 Å². The third kappa shape index (κ3) is 2.59. The Hall–Kier alpha value is -2.63. The molecule has 0 fully saturated rings. The van der Waals surface area contributed by atoms with Crippen LogP contribution >= 0.6 is 0 Å². The van der Waals surface area contributed by atoms with E-state index in [0.717, 1.165) is 5.56 Å². The van der Waals surface area contributed by atoms with E-state index in [4.69, 9.17) is 0 Å². The summed E-state index contributed by atoms with van der Waals surface area (Å²) >= 11 is 0. The van der Waals surface area contributed by atoms with E-state index in [1.54, 1.807) is 6.07 Å². The number of halogens is 3. The van der Waals surface area contributed by atoms with Crippen LogP contribution < -0.4 is 0 Å². The zero-order valence-electron chi connectivity index (χ0n) is 11.7. The molecule has 0 N–H and O–H groups in total. The first kappa shape index (κ1) is 14.3. The number of rotatable bonds is 2. The molecule has 0 radical (unpaired) electrons. The van der Waals surface area contributed by atoms with Gasteiger partial charge in [-0.3, -0.25) is 4.98 Å². The van der Waals surface area contributed by atoms with Gasteiger partial charge in [-0.1, -0.05) is 30.3 Å². The molecule has 0 aliphatic rings. The fourth-order valence-corrected chi connectivity index (χ4v) is 2.31. The minimum absolute atomic E-state index is 0.0711. The Morgan fingerprint density at radius 1 is 1.00 bits per heavy atom. The lowest BCUT2D eigenvalue weighted by molar-refractivity contribution is -0.138. The molecule has 6 heteroatoms. The van der Waals surface area contributed by atoms with Crippen LogP contribution in [0.4, 0.5) is 13.2 Å². The van der Waals surface area contributed by atoms with Gasteiger partial charge in [-0.25, -0.2) is 4.68 Å². The fourth-order valence-electron chi connectivity index (χ4n) is 2.31. The minimum Gasteiger partial charge on any atom is -0.262 e. The van der Waals surface area contributed by atoms with Crippen LogP contribution in [0.3, 0.4) is 0 Å². The van der Waals surface area contributed by atoms with Gasteiger partial charge in [-0.15, -0.1) is 0 Å². The summed E-state index contributed by atoms with van der Waals surface area (Å²) in [5, 5.41) is 4.24. The lowest BCUT2D eigenvalue weighted by atomic mass is 10.1. The van der Waals surface area contributed by atoms with Crippen molar-refractivity contribution in [3.63, 3.8) is 0 Å². The standard InChI is InChI=1S/C16H12F3N3/c1-11-9-20-10-14(15(11)16(17,18)19)22-8-7-13(21-22)12-5-3-2-4-6-12/h2-10H,1H3. The molecule has 3 rings (SSSR count). The zero-order valence-corrected chi connectivity index (χ0v) is 11.7. The Bertz CT molecular complexity index is 792. The maximum atomic E-state index is 13.3. The van der Waals surface area contributed by atoms with E-state index in [1.165, 1.54) is 30.2 Å². The second kappa shape index (κ2) is 5.29. The summed E-state index contributed by atoms with van der Waals surface area (Å²) in [4.78, 5) is 3.86. The third-order valence-electron chi connectivity index (χ3n) is 3.30. The number of benzene rings is 1. The molecule has 0 saturated heterocycles. The molecule has 3 nitrogen and oxygen atoms in total. The van der Waals surface area contributed by atoms with Crippen LogP contribution in [0.15, 0.2) is 55.0 Å². The molecular formula is C16H12F3N3. The van der Waals surface area contributed by atoms with Crippen LogP contribution in [-0.2, 0) is 6.18 Å². The highest BCUT2D eigenvalue weighted by Crippen LogP contribution is 2.35. The maximum Gasteiger partial charge on any atom is 0.418 e. The van der Waals surface area contributed by atoms with Crippen molar-refractivity contribution in [2.45, 2.75) is 13.1 Å². The highest BCUT2D eigenvalue weighted by molar-refractivity contribution is 5.59.